The van der Waals surface area contributed by atoms with E-state index in [2.05, 4.69) is 19.8 Å². The molecule has 1 aliphatic heterocycles. The molecule has 0 aliphatic carbocycles. The lowest BCUT2D eigenvalue weighted by molar-refractivity contribution is 0.0363. The van der Waals surface area contributed by atoms with Crippen LogP contribution >= 0.6 is 0 Å². The number of imidazole rings is 1. The molecule has 1 aliphatic rings. The summed E-state index contributed by atoms with van der Waals surface area (Å²) in [7, 11) is 1.71. The van der Waals surface area contributed by atoms with Crippen molar-refractivity contribution in [1.82, 2.24) is 19.8 Å². The van der Waals surface area contributed by atoms with Gasteiger partial charge in [-0.2, -0.15) is 0 Å². The highest BCUT2D eigenvalue weighted by atomic mass is 16.5. The van der Waals surface area contributed by atoms with Gasteiger partial charge in [-0.25, -0.2) is 4.98 Å². The van der Waals surface area contributed by atoms with E-state index >= 15 is 0 Å². The fraction of sp³-hybridized carbons (Fsp3) is 0.769. The number of aromatic nitrogens is 2. The van der Waals surface area contributed by atoms with Gasteiger partial charge >= 0.3 is 0 Å². The van der Waals surface area contributed by atoms with E-state index in [-0.39, 0.29) is 0 Å². The molecule has 0 radical (unpaired) electrons. The molecule has 1 fully saturated rings. The Morgan fingerprint density at radius 3 is 3.00 bits per heavy atom. The minimum atomic E-state index is 0.731. The fourth-order valence-electron chi connectivity index (χ4n) is 2.16. The number of nitrogens with zero attached hydrogens (tertiary/aromatic N) is 3. The van der Waals surface area contributed by atoms with E-state index in [1.807, 2.05) is 12.4 Å². The van der Waals surface area contributed by atoms with Gasteiger partial charge in [-0.1, -0.05) is 0 Å². The second kappa shape index (κ2) is 8.27. The van der Waals surface area contributed by atoms with Crippen LogP contribution in [0, 0.1) is 0 Å². The van der Waals surface area contributed by atoms with Crippen molar-refractivity contribution in [2.24, 2.45) is 0 Å². The first-order valence-electron chi connectivity index (χ1n) is 6.90. The van der Waals surface area contributed by atoms with E-state index in [4.69, 9.17) is 9.47 Å². The lowest BCUT2D eigenvalue weighted by Crippen LogP contribution is -2.38. The molecule has 0 aromatic carbocycles. The first-order valence-corrected chi connectivity index (χ1v) is 6.90. The van der Waals surface area contributed by atoms with Gasteiger partial charge < -0.3 is 19.4 Å². The number of rotatable bonds is 8. The minimum absolute atomic E-state index is 0.731. The quantitative estimate of drug-likeness (QED) is 0.670. The van der Waals surface area contributed by atoms with Gasteiger partial charge in [0, 0.05) is 52.2 Å². The minimum Gasteiger partial charge on any atom is -0.383 e. The van der Waals surface area contributed by atoms with Crippen LogP contribution in [0.25, 0.3) is 0 Å². The van der Waals surface area contributed by atoms with E-state index in [1.165, 1.54) is 0 Å². The summed E-state index contributed by atoms with van der Waals surface area (Å²) in [5.41, 5.74) is 0. The van der Waals surface area contributed by atoms with Gasteiger partial charge in [-0.3, -0.25) is 4.90 Å². The monoisotopic (exact) mass is 268 g/mol. The summed E-state index contributed by atoms with van der Waals surface area (Å²) >= 11 is 0. The lowest BCUT2D eigenvalue weighted by Gasteiger charge is -2.26. The van der Waals surface area contributed by atoms with Gasteiger partial charge in [0.05, 0.1) is 26.4 Å². The van der Waals surface area contributed by atoms with Crippen LogP contribution in [0.5, 0.6) is 0 Å². The Balaban J connectivity index is 1.72. The summed E-state index contributed by atoms with van der Waals surface area (Å²) in [5, 5.41) is 3.33. The zero-order chi connectivity index (χ0) is 13.3. The van der Waals surface area contributed by atoms with Crippen LogP contribution in [-0.4, -0.2) is 67.6 Å². The zero-order valence-electron chi connectivity index (χ0n) is 11.7. The number of morpholine rings is 1. The predicted molar refractivity (Wildman–Crippen MR) is 73.1 cm³/mol. The summed E-state index contributed by atoms with van der Waals surface area (Å²) in [6.07, 6.45) is 3.92. The molecule has 6 nitrogen and oxygen atoms in total. The van der Waals surface area contributed by atoms with Crippen LogP contribution in [0.1, 0.15) is 5.82 Å². The van der Waals surface area contributed by atoms with E-state index in [1.54, 1.807) is 7.11 Å². The van der Waals surface area contributed by atoms with Crippen LogP contribution in [-0.2, 0) is 22.6 Å². The van der Waals surface area contributed by atoms with Crippen LogP contribution in [0.15, 0.2) is 12.4 Å². The third-order valence-corrected chi connectivity index (χ3v) is 3.33. The Morgan fingerprint density at radius 2 is 2.21 bits per heavy atom. The standard InChI is InChI=1S/C13H24N4O2/c1-18-9-3-14-12-13-15-2-4-17(13)6-5-16-7-10-19-11-8-16/h2,4,14H,3,5-12H2,1H3. The highest BCUT2D eigenvalue weighted by molar-refractivity contribution is 4.92. The van der Waals surface area contributed by atoms with Crippen molar-refractivity contribution in [2.75, 3.05) is 53.1 Å². The van der Waals surface area contributed by atoms with Gasteiger partial charge in [0.2, 0.25) is 0 Å². The van der Waals surface area contributed by atoms with E-state index < -0.39 is 0 Å². The molecule has 0 saturated carbocycles. The molecule has 2 rings (SSSR count). The van der Waals surface area contributed by atoms with Gasteiger partial charge in [0.15, 0.2) is 0 Å². The number of methoxy groups -OCH3 is 1. The van der Waals surface area contributed by atoms with Crippen molar-refractivity contribution in [3.8, 4) is 0 Å². The van der Waals surface area contributed by atoms with E-state index in [9.17, 15) is 0 Å². The third kappa shape index (κ3) is 4.91. The molecule has 2 heterocycles. The first kappa shape index (κ1) is 14.5. The van der Waals surface area contributed by atoms with Crippen molar-refractivity contribution in [2.45, 2.75) is 13.1 Å². The number of ether oxygens (including phenoxy) is 2. The average molecular weight is 268 g/mol. The van der Waals surface area contributed by atoms with Crippen LogP contribution in [0.3, 0.4) is 0 Å². The highest BCUT2D eigenvalue weighted by Gasteiger charge is 2.10. The fourth-order valence-corrected chi connectivity index (χ4v) is 2.16. The average Bonchev–Trinajstić information content (AvgIpc) is 2.90. The largest absolute Gasteiger partial charge is 0.383 e. The van der Waals surface area contributed by atoms with Crippen LogP contribution in [0.2, 0.25) is 0 Å². The summed E-state index contributed by atoms with van der Waals surface area (Å²) in [6.45, 7) is 8.21. The van der Waals surface area contributed by atoms with Crippen LogP contribution in [0.4, 0.5) is 0 Å². The summed E-state index contributed by atoms with van der Waals surface area (Å²) in [6, 6.07) is 0. The lowest BCUT2D eigenvalue weighted by atomic mass is 10.4. The topological polar surface area (TPSA) is 51.5 Å². The molecule has 19 heavy (non-hydrogen) atoms. The second-order valence-electron chi connectivity index (χ2n) is 4.66. The van der Waals surface area contributed by atoms with Crippen molar-refractivity contribution in [1.29, 1.82) is 0 Å². The molecule has 0 bridgehead atoms. The second-order valence-corrected chi connectivity index (χ2v) is 4.66. The molecule has 0 unspecified atom stereocenters. The molecule has 6 heteroatoms. The maximum Gasteiger partial charge on any atom is 0.122 e. The summed E-state index contributed by atoms with van der Waals surface area (Å²) < 4.78 is 12.6. The van der Waals surface area contributed by atoms with Gasteiger partial charge in [0.1, 0.15) is 5.82 Å². The Hall–Kier alpha value is -0.950. The number of hydrogen-bond acceptors (Lipinski definition) is 5. The maximum atomic E-state index is 5.35. The normalized spacial score (nSPS) is 16.9. The van der Waals surface area contributed by atoms with Crippen molar-refractivity contribution >= 4 is 0 Å². The maximum absolute atomic E-state index is 5.35. The molecule has 1 N–H and O–H groups in total. The Labute approximate surface area is 114 Å². The van der Waals surface area contributed by atoms with Gasteiger partial charge in [-0.05, 0) is 0 Å². The molecule has 0 atom stereocenters. The van der Waals surface area contributed by atoms with Crippen molar-refractivity contribution < 1.29 is 9.47 Å². The smallest absolute Gasteiger partial charge is 0.122 e. The molecule has 0 amide bonds. The molecular formula is C13H24N4O2. The Morgan fingerprint density at radius 1 is 1.37 bits per heavy atom. The van der Waals surface area contributed by atoms with Gasteiger partial charge in [0.25, 0.3) is 0 Å². The third-order valence-electron chi connectivity index (χ3n) is 3.33. The van der Waals surface area contributed by atoms with E-state index in [0.717, 1.165) is 64.9 Å². The molecule has 1 aromatic rings. The molecule has 1 saturated heterocycles. The molecule has 0 spiro atoms. The van der Waals surface area contributed by atoms with Crippen molar-refractivity contribution in [3.63, 3.8) is 0 Å². The predicted octanol–water partition coefficient (Wildman–Crippen LogP) is -0.0487. The highest BCUT2D eigenvalue weighted by Crippen LogP contribution is 2.01. The zero-order valence-corrected chi connectivity index (χ0v) is 11.7. The molecule has 1 aromatic heterocycles. The van der Waals surface area contributed by atoms with Crippen LogP contribution < -0.4 is 5.32 Å². The van der Waals surface area contributed by atoms with Gasteiger partial charge in [-0.15, -0.1) is 0 Å². The Bertz CT molecular complexity index is 350. The number of hydrogen-bond donors (Lipinski definition) is 1. The van der Waals surface area contributed by atoms with Crippen molar-refractivity contribution in [3.05, 3.63) is 18.2 Å². The molecule has 108 valence electrons. The number of nitrogens with one attached hydrogen (secondary N) is 1. The molecular weight excluding hydrogens is 244 g/mol. The van der Waals surface area contributed by atoms with E-state index in [0.29, 0.717) is 0 Å². The first-order chi connectivity index (χ1) is 9.40. The summed E-state index contributed by atoms with van der Waals surface area (Å²) in [5.74, 6) is 1.09. The summed E-state index contributed by atoms with van der Waals surface area (Å²) in [4.78, 5) is 6.83. The Kier molecular flexibility index (Phi) is 6.29. The SMILES string of the molecule is COCCNCc1nccn1CCN1CCOCC1.